The third-order valence-corrected chi connectivity index (χ3v) is 4.54. The molecule has 1 aliphatic rings. The summed E-state index contributed by atoms with van der Waals surface area (Å²) in [5.74, 6) is 1.85. The summed E-state index contributed by atoms with van der Waals surface area (Å²) in [5, 5.41) is 8.78. The van der Waals surface area contributed by atoms with E-state index in [1.165, 1.54) is 0 Å². The molecule has 0 N–H and O–H groups in total. The molecule has 1 aromatic heterocycles. The molecule has 0 bridgehead atoms. The highest BCUT2D eigenvalue weighted by atomic mass is 79.9. The predicted molar refractivity (Wildman–Crippen MR) is 97.2 cm³/mol. The molecule has 6 heteroatoms. The van der Waals surface area contributed by atoms with Gasteiger partial charge in [-0.3, -0.25) is 4.90 Å². The first kappa shape index (κ1) is 16.7. The predicted octanol–water partition coefficient (Wildman–Crippen LogP) is 2.92. The summed E-state index contributed by atoms with van der Waals surface area (Å²) in [6.45, 7) is 5.53. The number of halogens is 1. The zero-order valence-corrected chi connectivity index (χ0v) is 14.9. The smallest absolute Gasteiger partial charge is 0.128 e. The van der Waals surface area contributed by atoms with E-state index in [9.17, 15) is 0 Å². The molecule has 5 nitrogen and oxygen atoms in total. The topological polar surface area (TPSA) is 52.4 Å². The van der Waals surface area contributed by atoms with Gasteiger partial charge in [0.05, 0.1) is 11.6 Å². The van der Waals surface area contributed by atoms with Crippen LogP contribution in [-0.2, 0) is 0 Å². The second-order valence-corrected chi connectivity index (χ2v) is 6.56. The van der Waals surface area contributed by atoms with Crippen molar-refractivity contribution in [2.24, 2.45) is 0 Å². The average molecular weight is 387 g/mol. The van der Waals surface area contributed by atoms with Crippen molar-refractivity contribution in [3.8, 4) is 11.8 Å². The SMILES string of the molecule is N#Cc1ccc(OCCN2CCN(c3ccc(Br)cn3)CC2)cc1. The number of anilines is 1. The van der Waals surface area contributed by atoms with Crippen LogP contribution < -0.4 is 9.64 Å². The number of rotatable bonds is 5. The number of nitriles is 1. The highest BCUT2D eigenvalue weighted by molar-refractivity contribution is 9.10. The van der Waals surface area contributed by atoms with Crippen molar-refractivity contribution in [1.29, 1.82) is 5.26 Å². The third-order valence-electron chi connectivity index (χ3n) is 4.07. The Morgan fingerprint density at radius 1 is 1.08 bits per heavy atom. The fourth-order valence-corrected chi connectivity index (χ4v) is 2.91. The van der Waals surface area contributed by atoms with Crippen molar-refractivity contribution in [3.05, 3.63) is 52.6 Å². The lowest BCUT2D eigenvalue weighted by molar-refractivity contribution is 0.200. The molecule has 1 saturated heterocycles. The monoisotopic (exact) mass is 386 g/mol. The Morgan fingerprint density at radius 2 is 1.83 bits per heavy atom. The molecule has 0 saturated carbocycles. The summed E-state index contributed by atoms with van der Waals surface area (Å²) in [4.78, 5) is 9.17. The van der Waals surface area contributed by atoms with Gasteiger partial charge < -0.3 is 9.64 Å². The number of hydrogen-bond acceptors (Lipinski definition) is 5. The van der Waals surface area contributed by atoms with Gasteiger partial charge in [-0.1, -0.05) is 0 Å². The molecular weight excluding hydrogens is 368 g/mol. The molecular formula is C18H19BrN4O. The Morgan fingerprint density at radius 3 is 2.46 bits per heavy atom. The second-order valence-electron chi connectivity index (χ2n) is 5.65. The standard InChI is InChI=1S/C18H19BrN4O/c19-16-3-6-18(21-14-16)23-9-7-22(8-10-23)11-12-24-17-4-1-15(13-20)2-5-17/h1-6,14H,7-12H2. The molecule has 0 unspecified atom stereocenters. The Hall–Kier alpha value is -2.10. The molecule has 2 heterocycles. The highest BCUT2D eigenvalue weighted by Gasteiger charge is 2.17. The molecule has 2 aromatic rings. The number of ether oxygens (including phenoxy) is 1. The summed E-state index contributed by atoms with van der Waals surface area (Å²) in [6.07, 6.45) is 1.84. The van der Waals surface area contributed by atoms with Crippen molar-refractivity contribution in [3.63, 3.8) is 0 Å². The van der Waals surface area contributed by atoms with Crippen molar-refractivity contribution in [1.82, 2.24) is 9.88 Å². The number of piperazine rings is 1. The maximum absolute atomic E-state index is 8.78. The van der Waals surface area contributed by atoms with Crippen molar-refractivity contribution in [2.75, 3.05) is 44.2 Å². The zero-order valence-electron chi connectivity index (χ0n) is 13.4. The van der Waals surface area contributed by atoms with Gasteiger partial charge in [-0.15, -0.1) is 0 Å². The average Bonchev–Trinajstić information content (AvgIpc) is 2.64. The molecule has 0 atom stereocenters. The van der Waals surface area contributed by atoms with Crippen molar-refractivity contribution < 1.29 is 4.74 Å². The molecule has 24 heavy (non-hydrogen) atoms. The zero-order chi connectivity index (χ0) is 16.8. The van der Waals surface area contributed by atoms with E-state index in [1.54, 1.807) is 12.1 Å². The molecule has 1 aromatic carbocycles. The number of aromatic nitrogens is 1. The maximum Gasteiger partial charge on any atom is 0.128 e. The molecule has 124 valence electrons. The lowest BCUT2D eigenvalue weighted by atomic mass is 10.2. The van der Waals surface area contributed by atoms with Gasteiger partial charge >= 0.3 is 0 Å². The van der Waals surface area contributed by atoms with Crippen LogP contribution >= 0.6 is 15.9 Å². The third kappa shape index (κ3) is 4.47. The molecule has 1 fully saturated rings. The van der Waals surface area contributed by atoms with Crippen LogP contribution in [0.2, 0.25) is 0 Å². The largest absolute Gasteiger partial charge is 0.492 e. The Kier molecular flexibility index (Phi) is 5.68. The fourth-order valence-electron chi connectivity index (χ4n) is 2.67. The van der Waals surface area contributed by atoms with Crippen LogP contribution in [0.4, 0.5) is 5.82 Å². The van der Waals surface area contributed by atoms with Gasteiger partial charge in [-0.05, 0) is 52.3 Å². The number of hydrogen-bond donors (Lipinski definition) is 0. The Labute approximate surface area is 150 Å². The van der Waals surface area contributed by atoms with Gasteiger partial charge in [-0.25, -0.2) is 4.98 Å². The first-order valence-corrected chi connectivity index (χ1v) is 8.76. The summed E-state index contributed by atoms with van der Waals surface area (Å²) >= 11 is 3.42. The van der Waals surface area contributed by atoms with Crippen LogP contribution in [0.25, 0.3) is 0 Å². The van der Waals surface area contributed by atoms with Crippen LogP contribution in [0.5, 0.6) is 5.75 Å². The molecule has 0 spiro atoms. The van der Waals surface area contributed by atoms with E-state index in [0.29, 0.717) is 12.2 Å². The van der Waals surface area contributed by atoms with E-state index in [0.717, 1.165) is 48.8 Å². The van der Waals surface area contributed by atoms with E-state index in [1.807, 2.05) is 30.5 Å². The van der Waals surface area contributed by atoms with E-state index in [2.05, 4.69) is 36.8 Å². The van der Waals surface area contributed by atoms with E-state index in [-0.39, 0.29) is 0 Å². The van der Waals surface area contributed by atoms with Crippen LogP contribution in [-0.4, -0.2) is 49.2 Å². The first-order chi connectivity index (χ1) is 11.7. The molecule has 1 aliphatic heterocycles. The molecule has 0 aliphatic carbocycles. The van der Waals surface area contributed by atoms with Gasteiger partial charge in [-0.2, -0.15) is 5.26 Å². The Balaban J connectivity index is 1.40. The number of nitrogens with zero attached hydrogens (tertiary/aromatic N) is 4. The normalized spacial score (nSPS) is 15.1. The Bertz CT molecular complexity index is 688. The van der Waals surface area contributed by atoms with E-state index >= 15 is 0 Å². The minimum atomic E-state index is 0.653. The second kappa shape index (κ2) is 8.13. The molecule has 3 rings (SSSR count). The van der Waals surface area contributed by atoms with Crippen LogP contribution in [0.3, 0.4) is 0 Å². The quantitative estimate of drug-likeness (QED) is 0.790. The molecule has 0 amide bonds. The number of pyridine rings is 1. The van der Waals surface area contributed by atoms with Crippen LogP contribution in [0.1, 0.15) is 5.56 Å². The minimum Gasteiger partial charge on any atom is -0.492 e. The summed E-state index contributed by atoms with van der Waals surface area (Å²) in [6, 6.07) is 13.4. The van der Waals surface area contributed by atoms with Gasteiger partial charge in [0.25, 0.3) is 0 Å². The maximum atomic E-state index is 8.78. The number of benzene rings is 1. The van der Waals surface area contributed by atoms with Gasteiger partial charge in [0.2, 0.25) is 0 Å². The van der Waals surface area contributed by atoms with E-state index in [4.69, 9.17) is 10.00 Å². The van der Waals surface area contributed by atoms with Gasteiger partial charge in [0.1, 0.15) is 18.2 Å². The van der Waals surface area contributed by atoms with Crippen LogP contribution in [0, 0.1) is 11.3 Å². The van der Waals surface area contributed by atoms with Crippen molar-refractivity contribution in [2.45, 2.75) is 0 Å². The fraction of sp³-hybridized carbons (Fsp3) is 0.333. The summed E-state index contributed by atoms with van der Waals surface area (Å²) in [5.41, 5.74) is 0.653. The first-order valence-electron chi connectivity index (χ1n) is 7.96. The minimum absolute atomic E-state index is 0.653. The molecule has 0 radical (unpaired) electrons. The van der Waals surface area contributed by atoms with Gasteiger partial charge in [0.15, 0.2) is 0 Å². The summed E-state index contributed by atoms with van der Waals surface area (Å²) in [7, 11) is 0. The lowest BCUT2D eigenvalue weighted by Crippen LogP contribution is -2.47. The van der Waals surface area contributed by atoms with Crippen molar-refractivity contribution >= 4 is 21.7 Å². The van der Waals surface area contributed by atoms with E-state index < -0.39 is 0 Å². The van der Waals surface area contributed by atoms with Gasteiger partial charge in [0, 0.05) is 43.4 Å². The highest BCUT2D eigenvalue weighted by Crippen LogP contribution is 2.16. The summed E-state index contributed by atoms with van der Waals surface area (Å²) < 4.78 is 6.76. The lowest BCUT2D eigenvalue weighted by Gasteiger charge is -2.35. The van der Waals surface area contributed by atoms with Crippen LogP contribution in [0.15, 0.2) is 47.1 Å².